The lowest BCUT2D eigenvalue weighted by molar-refractivity contribution is 0.302. The van der Waals surface area contributed by atoms with Crippen molar-refractivity contribution in [2.45, 2.75) is 25.5 Å². The molecule has 0 amide bonds. The van der Waals surface area contributed by atoms with Crippen LogP contribution in [0.25, 0.3) is 11.8 Å². The average molecular weight is 749 g/mol. The first-order valence-corrected chi connectivity index (χ1v) is 16.8. The minimum absolute atomic E-state index is 0.0821. The second-order valence-corrected chi connectivity index (χ2v) is 13.7. The van der Waals surface area contributed by atoms with E-state index in [0.717, 1.165) is 61.1 Å². The van der Waals surface area contributed by atoms with E-state index in [9.17, 15) is 4.79 Å². The molecule has 7 rings (SSSR count). The van der Waals surface area contributed by atoms with E-state index in [1.807, 2.05) is 71.3 Å². The van der Waals surface area contributed by atoms with Crippen LogP contribution in [0.3, 0.4) is 0 Å². The molecule has 0 N–H and O–H groups in total. The Hall–Kier alpha value is -3.43. The summed E-state index contributed by atoms with van der Waals surface area (Å²) < 4.78 is 15.9. The molecule has 0 spiro atoms. The Bertz CT molecular complexity index is 2130. The van der Waals surface area contributed by atoms with Crippen LogP contribution in [-0.4, -0.2) is 11.7 Å². The highest BCUT2D eigenvalue weighted by Gasteiger charge is 2.34. The first kappa shape index (κ1) is 29.3. The highest BCUT2D eigenvalue weighted by molar-refractivity contribution is 9.11. The molecule has 0 saturated heterocycles. The number of halogens is 3. The van der Waals surface area contributed by atoms with E-state index >= 15 is 0 Å². The quantitative estimate of drug-likeness (QED) is 0.177. The van der Waals surface area contributed by atoms with E-state index < -0.39 is 0 Å². The summed E-state index contributed by atoms with van der Waals surface area (Å²) in [6.07, 6.45) is 3.62. The molecule has 0 radical (unpaired) electrons. The Morgan fingerprint density at radius 3 is 2.52 bits per heavy atom. The number of benzene rings is 4. The van der Waals surface area contributed by atoms with Gasteiger partial charge in [-0.05, 0) is 91.7 Å². The number of allylic oxidation sites excluding steroid dienone is 1. The fourth-order valence-corrected chi connectivity index (χ4v) is 8.55. The van der Waals surface area contributed by atoms with Gasteiger partial charge in [-0.25, -0.2) is 4.99 Å². The molecule has 1 aliphatic carbocycles. The van der Waals surface area contributed by atoms with Gasteiger partial charge in [-0.3, -0.25) is 9.36 Å². The molecule has 5 nitrogen and oxygen atoms in total. The number of fused-ring (bicyclic) bond motifs is 3. The Morgan fingerprint density at radius 2 is 1.73 bits per heavy atom. The fraction of sp³-hybridized carbons (Fsp3) is 0.143. The van der Waals surface area contributed by atoms with Crippen molar-refractivity contribution in [2.75, 3.05) is 7.11 Å². The van der Waals surface area contributed by atoms with E-state index in [0.29, 0.717) is 26.7 Å². The van der Waals surface area contributed by atoms with Gasteiger partial charge < -0.3 is 9.47 Å². The lowest BCUT2D eigenvalue weighted by Gasteiger charge is -2.31. The largest absolute Gasteiger partial charge is 0.496 e. The maximum atomic E-state index is 14.2. The number of nitrogens with zero attached hydrogens (tertiary/aromatic N) is 2. The molecule has 1 aromatic heterocycles. The third-order valence-electron chi connectivity index (χ3n) is 7.95. The summed E-state index contributed by atoms with van der Waals surface area (Å²) >= 11 is 15.0. The van der Waals surface area contributed by atoms with Crippen molar-refractivity contribution >= 4 is 66.6 Å². The third-order valence-corrected chi connectivity index (χ3v) is 10.5. The van der Waals surface area contributed by atoms with E-state index in [2.05, 4.69) is 56.1 Å². The van der Waals surface area contributed by atoms with Crippen LogP contribution in [0, 0.1) is 0 Å². The normalized spacial score (nSPS) is 15.7. The number of aromatic nitrogens is 1. The van der Waals surface area contributed by atoms with Gasteiger partial charge in [-0.15, -0.1) is 0 Å². The maximum Gasteiger partial charge on any atom is 0.271 e. The molecule has 2 aliphatic rings. The van der Waals surface area contributed by atoms with E-state index in [-0.39, 0.29) is 11.6 Å². The Morgan fingerprint density at radius 1 is 1.00 bits per heavy atom. The minimum atomic E-state index is -0.313. The van der Waals surface area contributed by atoms with Crippen molar-refractivity contribution in [3.63, 3.8) is 0 Å². The van der Waals surface area contributed by atoms with Crippen LogP contribution >= 0.6 is 54.8 Å². The Kier molecular flexibility index (Phi) is 8.10. The van der Waals surface area contributed by atoms with Crippen molar-refractivity contribution in [1.82, 2.24) is 4.57 Å². The summed E-state index contributed by atoms with van der Waals surface area (Å²) in [4.78, 5) is 20.0. The van der Waals surface area contributed by atoms with Crippen LogP contribution in [0.5, 0.6) is 11.5 Å². The van der Waals surface area contributed by atoms with Gasteiger partial charge in [0.25, 0.3) is 5.56 Å². The molecule has 4 aromatic carbocycles. The van der Waals surface area contributed by atoms with Gasteiger partial charge in [0.15, 0.2) is 4.80 Å². The number of ether oxygens (including phenoxy) is 2. The summed E-state index contributed by atoms with van der Waals surface area (Å²) in [5.74, 6) is 1.41. The SMILES string of the molecule is COc1ccccc1[C@H]1C2=C(N=c3s/c(=C/c4cc(Br)c(OCc5ccccc5Cl)c(Br)c4)c(=O)n31)c1ccccc1CC2. The number of hydrogen-bond donors (Lipinski definition) is 0. The van der Waals surface area contributed by atoms with Gasteiger partial charge in [0, 0.05) is 21.7 Å². The second kappa shape index (κ2) is 12.2. The maximum absolute atomic E-state index is 14.2. The molecular formula is C35H25Br2ClN2O3S. The highest BCUT2D eigenvalue weighted by atomic mass is 79.9. The van der Waals surface area contributed by atoms with Gasteiger partial charge in [0.1, 0.15) is 18.1 Å². The summed E-state index contributed by atoms with van der Waals surface area (Å²) in [5, 5.41) is 0.656. The third kappa shape index (κ3) is 5.28. The summed E-state index contributed by atoms with van der Waals surface area (Å²) in [7, 11) is 1.67. The van der Waals surface area contributed by atoms with Crippen LogP contribution in [0.15, 0.2) is 109 Å². The molecule has 220 valence electrons. The molecular weight excluding hydrogens is 724 g/mol. The average Bonchev–Trinajstić information content (AvgIpc) is 3.34. The van der Waals surface area contributed by atoms with Crippen LogP contribution < -0.4 is 24.4 Å². The highest BCUT2D eigenvalue weighted by Crippen LogP contribution is 2.43. The number of rotatable bonds is 6. The molecule has 0 bridgehead atoms. The monoisotopic (exact) mass is 746 g/mol. The van der Waals surface area contributed by atoms with Crippen LogP contribution in [0.2, 0.25) is 5.02 Å². The second-order valence-electron chi connectivity index (χ2n) is 10.5. The predicted octanol–water partition coefficient (Wildman–Crippen LogP) is 8.08. The van der Waals surface area contributed by atoms with Gasteiger partial charge in [0.05, 0.1) is 32.3 Å². The zero-order chi connectivity index (χ0) is 30.4. The van der Waals surface area contributed by atoms with Gasteiger partial charge in [-0.1, -0.05) is 83.6 Å². The molecule has 1 aliphatic heterocycles. The molecule has 0 unspecified atom stereocenters. The molecule has 44 heavy (non-hydrogen) atoms. The predicted molar refractivity (Wildman–Crippen MR) is 183 cm³/mol. The van der Waals surface area contributed by atoms with E-state index in [4.69, 9.17) is 26.1 Å². The Labute approximate surface area is 280 Å². The van der Waals surface area contributed by atoms with Crippen molar-refractivity contribution in [3.05, 3.63) is 152 Å². The Balaban J connectivity index is 1.34. The number of aryl methyl sites for hydroxylation is 1. The minimum Gasteiger partial charge on any atom is -0.496 e. The molecule has 0 saturated carbocycles. The lowest BCUT2D eigenvalue weighted by Crippen LogP contribution is -2.39. The van der Waals surface area contributed by atoms with Crippen molar-refractivity contribution < 1.29 is 9.47 Å². The number of hydrogen-bond acceptors (Lipinski definition) is 5. The lowest BCUT2D eigenvalue weighted by atomic mass is 9.83. The molecule has 0 fully saturated rings. The van der Waals surface area contributed by atoms with Gasteiger partial charge in [0.2, 0.25) is 0 Å². The van der Waals surface area contributed by atoms with E-state index in [1.54, 1.807) is 7.11 Å². The van der Waals surface area contributed by atoms with Crippen LogP contribution in [-0.2, 0) is 13.0 Å². The summed E-state index contributed by atoms with van der Waals surface area (Å²) in [5.41, 5.74) is 7.12. The zero-order valence-electron chi connectivity index (χ0n) is 23.5. The summed E-state index contributed by atoms with van der Waals surface area (Å²) in [6, 6.07) is 27.6. The molecule has 1 atom stereocenters. The van der Waals surface area contributed by atoms with Crippen LogP contribution in [0.1, 0.15) is 40.3 Å². The van der Waals surface area contributed by atoms with Crippen molar-refractivity contribution in [1.29, 1.82) is 0 Å². The van der Waals surface area contributed by atoms with Crippen molar-refractivity contribution in [2.24, 2.45) is 4.99 Å². The molecule has 5 aromatic rings. The topological polar surface area (TPSA) is 52.8 Å². The smallest absolute Gasteiger partial charge is 0.271 e. The first-order chi connectivity index (χ1) is 21.4. The van der Waals surface area contributed by atoms with Gasteiger partial charge in [-0.2, -0.15) is 0 Å². The van der Waals surface area contributed by atoms with Gasteiger partial charge >= 0.3 is 0 Å². The summed E-state index contributed by atoms with van der Waals surface area (Å²) in [6.45, 7) is 0.325. The van der Waals surface area contributed by atoms with Crippen LogP contribution in [0.4, 0.5) is 0 Å². The standard InChI is InChI=1S/C35H25Br2ClN2O3S/c1-42-29-13-7-5-11-24(29)32-25-15-14-21-8-2-4-10-23(21)31(25)39-35-40(32)34(41)30(44-35)18-20-16-26(36)33(27(37)17-20)43-19-22-9-3-6-12-28(22)38/h2-13,16-18,32H,14-15,19H2,1H3/b30-18+/t32-/m0/s1. The van der Waals surface area contributed by atoms with Crippen molar-refractivity contribution in [3.8, 4) is 11.5 Å². The zero-order valence-corrected chi connectivity index (χ0v) is 28.3. The number of methoxy groups -OCH3 is 1. The van der Waals surface area contributed by atoms with E-state index in [1.165, 1.54) is 16.9 Å². The fourth-order valence-electron chi connectivity index (χ4n) is 5.91. The first-order valence-electron chi connectivity index (χ1n) is 14.0. The molecule has 9 heteroatoms. The molecule has 2 heterocycles. The number of para-hydroxylation sites is 1. The number of thiazole rings is 1.